The van der Waals surface area contributed by atoms with Crippen LogP contribution in [0.1, 0.15) is 21.5 Å². The summed E-state index contributed by atoms with van der Waals surface area (Å²) in [5, 5.41) is 8.37. The number of aldehydes is 1. The zero-order valence-corrected chi connectivity index (χ0v) is 11.8. The lowest BCUT2D eigenvalue weighted by Crippen LogP contribution is -1.90. The maximum absolute atomic E-state index is 10.6. The summed E-state index contributed by atoms with van der Waals surface area (Å²) in [5.41, 5.74) is 4.16. The van der Waals surface area contributed by atoms with E-state index in [1.807, 2.05) is 26.0 Å². The second-order valence-corrected chi connectivity index (χ2v) is 4.52. The summed E-state index contributed by atoms with van der Waals surface area (Å²) in [4.78, 5) is 10.6. The van der Waals surface area contributed by atoms with Crippen LogP contribution in [0.3, 0.4) is 0 Å². The fourth-order valence-corrected chi connectivity index (χ4v) is 2.04. The van der Waals surface area contributed by atoms with Crippen LogP contribution in [0.15, 0.2) is 46.6 Å². The molecule has 0 atom stereocenters. The molecule has 0 saturated heterocycles. The van der Waals surface area contributed by atoms with E-state index in [1.54, 1.807) is 31.4 Å². The fourth-order valence-electron chi connectivity index (χ4n) is 2.04. The van der Waals surface area contributed by atoms with Gasteiger partial charge in [0.05, 0.1) is 18.5 Å². The van der Waals surface area contributed by atoms with Crippen molar-refractivity contribution in [2.75, 3.05) is 7.11 Å². The van der Waals surface area contributed by atoms with E-state index in [0.717, 1.165) is 28.8 Å². The molecule has 0 spiro atoms. The Bertz CT molecular complexity index is 623. The minimum absolute atomic E-state index is 0.625. The second kappa shape index (κ2) is 6.10. The minimum Gasteiger partial charge on any atom is -0.496 e. The van der Waals surface area contributed by atoms with Crippen LogP contribution in [0.2, 0.25) is 0 Å². The fraction of sp³-hybridized carbons (Fsp3) is 0.188. The van der Waals surface area contributed by atoms with Crippen LogP contribution >= 0.6 is 0 Å². The third-order valence-electron chi connectivity index (χ3n) is 2.96. The summed E-state index contributed by atoms with van der Waals surface area (Å²) in [6.07, 6.45) is 0.803. The Hall–Kier alpha value is -2.49. The van der Waals surface area contributed by atoms with E-state index in [2.05, 4.69) is 10.2 Å². The van der Waals surface area contributed by atoms with Gasteiger partial charge in [0, 0.05) is 5.56 Å². The molecule has 0 radical (unpaired) electrons. The van der Waals surface area contributed by atoms with Crippen LogP contribution in [0.5, 0.6) is 5.75 Å². The van der Waals surface area contributed by atoms with Crippen molar-refractivity contribution >= 4 is 17.7 Å². The molecule has 0 amide bonds. The maximum atomic E-state index is 10.6. The number of nitrogens with zero attached hydrogens (tertiary/aromatic N) is 2. The first kappa shape index (κ1) is 13.9. The van der Waals surface area contributed by atoms with Gasteiger partial charge in [-0.2, -0.15) is 10.2 Å². The van der Waals surface area contributed by atoms with E-state index in [9.17, 15) is 4.79 Å². The van der Waals surface area contributed by atoms with Gasteiger partial charge in [0.15, 0.2) is 0 Å². The van der Waals surface area contributed by atoms with Gasteiger partial charge in [0.2, 0.25) is 0 Å². The Balaban J connectivity index is 2.24. The van der Waals surface area contributed by atoms with Gasteiger partial charge in [0.25, 0.3) is 0 Å². The molecule has 2 aromatic carbocycles. The summed E-state index contributed by atoms with van der Waals surface area (Å²) in [6, 6.07) is 10.8. The van der Waals surface area contributed by atoms with Crippen molar-refractivity contribution in [1.82, 2.24) is 0 Å². The van der Waals surface area contributed by atoms with Gasteiger partial charge in [-0.15, -0.1) is 0 Å². The SMILES string of the molecule is COc1c(C)cc(N=Nc2ccc(C=O)cc2)cc1C. The number of ether oxygens (including phenoxy) is 1. The molecule has 2 aromatic rings. The molecule has 0 fully saturated rings. The summed E-state index contributed by atoms with van der Waals surface area (Å²) in [5.74, 6) is 0.874. The normalized spacial score (nSPS) is 10.8. The van der Waals surface area contributed by atoms with Gasteiger partial charge >= 0.3 is 0 Å². The van der Waals surface area contributed by atoms with Crippen molar-refractivity contribution in [2.45, 2.75) is 13.8 Å². The highest BCUT2D eigenvalue weighted by Gasteiger charge is 2.04. The highest BCUT2D eigenvalue weighted by molar-refractivity contribution is 5.75. The zero-order valence-electron chi connectivity index (χ0n) is 11.8. The number of carbonyl (C=O) groups excluding carboxylic acids is 1. The van der Waals surface area contributed by atoms with Crippen LogP contribution < -0.4 is 4.74 Å². The molecule has 0 aliphatic rings. The molecular weight excluding hydrogens is 252 g/mol. The molecule has 0 heterocycles. The van der Waals surface area contributed by atoms with Crippen molar-refractivity contribution in [2.24, 2.45) is 10.2 Å². The standard InChI is InChI=1S/C16H16N2O2/c1-11-8-15(9-12(2)16(11)20-3)18-17-14-6-4-13(10-19)5-7-14/h4-10H,1-3H3. The summed E-state index contributed by atoms with van der Waals surface area (Å²) < 4.78 is 5.31. The average molecular weight is 268 g/mol. The molecule has 4 nitrogen and oxygen atoms in total. The van der Waals surface area contributed by atoms with Crippen LogP contribution in [0, 0.1) is 13.8 Å². The van der Waals surface area contributed by atoms with Gasteiger partial charge in [-0.3, -0.25) is 4.79 Å². The maximum Gasteiger partial charge on any atom is 0.150 e. The van der Waals surface area contributed by atoms with Gasteiger partial charge in [0.1, 0.15) is 12.0 Å². The van der Waals surface area contributed by atoms with Gasteiger partial charge in [-0.1, -0.05) is 0 Å². The quantitative estimate of drug-likeness (QED) is 0.603. The zero-order chi connectivity index (χ0) is 14.5. The monoisotopic (exact) mass is 268 g/mol. The third kappa shape index (κ3) is 3.09. The highest BCUT2D eigenvalue weighted by atomic mass is 16.5. The largest absolute Gasteiger partial charge is 0.496 e. The molecule has 102 valence electrons. The highest BCUT2D eigenvalue weighted by Crippen LogP contribution is 2.29. The first-order chi connectivity index (χ1) is 9.63. The number of hydrogen-bond donors (Lipinski definition) is 0. The van der Waals surface area contributed by atoms with Crippen LogP contribution in [0.4, 0.5) is 11.4 Å². The number of benzene rings is 2. The number of aryl methyl sites for hydroxylation is 2. The van der Waals surface area contributed by atoms with E-state index < -0.39 is 0 Å². The number of rotatable bonds is 4. The molecule has 0 unspecified atom stereocenters. The smallest absolute Gasteiger partial charge is 0.150 e. The van der Waals surface area contributed by atoms with E-state index in [0.29, 0.717) is 11.3 Å². The number of carbonyl (C=O) groups is 1. The molecule has 0 bridgehead atoms. The lowest BCUT2D eigenvalue weighted by molar-refractivity contribution is 0.112. The molecular formula is C16H16N2O2. The molecule has 0 aromatic heterocycles. The van der Waals surface area contributed by atoms with Crippen molar-refractivity contribution in [1.29, 1.82) is 0 Å². The Morgan fingerprint density at radius 3 is 2.00 bits per heavy atom. The number of azo groups is 1. The average Bonchev–Trinajstić information content (AvgIpc) is 2.45. The third-order valence-corrected chi connectivity index (χ3v) is 2.96. The topological polar surface area (TPSA) is 51.0 Å². The molecule has 0 N–H and O–H groups in total. The minimum atomic E-state index is 0.625. The predicted octanol–water partition coefficient (Wildman–Crippen LogP) is 4.54. The Morgan fingerprint density at radius 1 is 0.950 bits per heavy atom. The van der Waals surface area contributed by atoms with E-state index >= 15 is 0 Å². The van der Waals surface area contributed by atoms with Crippen molar-refractivity contribution < 1.29 is 9.53 Å². The summed E-state index contributed by atoms with van der Waals surface area (Å²) in [7, 11) is 1.66. The first-order valence-corrected chi connectivity index (χ1v) is 6.26. The van der Waals surface area contributed by atoms with Crippen molar-refractivity contribution in [3.05, 3.63) is 53.1 Å². The Morgan fingerprint density at radius 2 is 1.50 bits per heavy atom. The number of methoxy groups -OCH3 is 1. The molecule has 4 heteroatoms. The van der Waals surface area contributed by atoms with Crippen molar-refractivity contribution in [3.63, 3.8) is 0 Å². The lowest BCUT2D eigenvalue weighted by atomic mass is 10.1. The van der Waals surface area contributed by atoms with Gasteiger partial charge in [-0.05, 0) is 61.4 Å². The Labute approximate surface area is 118 Å². The van der Waals surface area contributed by atoms with Crippen LogP contribution in [0.25, 0.3) is 0 Å². The summed E-state index contributed by atoms with van der Waals surface area (Å²) in [6.45, 7) is 3.95. The lowest BCUT2D eigenvalue weighted by Gasteiger charge is -2.08. The van der Waals surface area contributed by atoms with Gasteiger partial charge < -0.3 is 4.74 Å². The molecule has 0 aliphatic heterocycles. The predicted molar refractivity (Wildman–Crippen MR) is 78.5 cm³/mol. The number of hydrogen-bond acceptors (Lipinski definition) is 4. The van der Waals surface area contributed by atoms with E-state index in [4.69, 9.17) is 4.74 Å². The molecule has 0 aliphatic carbocycles. The van der Waals surface area contributed by atoms with E-state index in [1.165, 1.54) is 0 Å². The van der Waals surface area contributed by atoms with Crippen LogP contribution in [-0.2, 0) is 0 Å². The Kier molecular flexibility index (Phi) is 4.25. The first-order valence-electron chi connectivity index (χ1n) is 6.26. The molecule has 0 saturated carbocycles. The van der Waals surface area contributed by atoms with Crippen LogP contribution in [-0.4, -0.2) is 13.4 Å². The molecule has 20 heavy (non-hydrogen) atoms. The van der Waals surface area contributed by atoms with E-state index in [-0.39, 0.29) is 0 Å². The van der Waals surface area contributed by atoms with Crippen molar-refractivity contribution in [3.8, 4) is 5.75 Å². The summed E-state index contributed by atoms with van der Waals surface area (Å²) >= 11 is 0. The molecule has 2 rings (SSSR count). The second-order valence-electron chi connectivity index (χ2n) is 4.52. The van der Waals surface area contributed by atoms with Gasteiger partial charge in [-0.25, -0.2) is 0 Å².